The highest BCUT2D eigenvalue weighted by molar-refractivity contribution is 7.99. The molecule has 144 valence electrons. The number of benzene rings is 2. The average molecular weight is 415 g/mol. The Hall–Kier alpha value is -2.64. The smallest absolute Gasteiger partial charge is 0.221 e. The lowest BCUT2D eigenvalue weighted by atomic mass is 10.1. The number of hydrogen-bond acceptors (Lipinski definition) is 5. The molecule has 0 fully saturated rings. The molecule has 1 heterocycles. The molecule has 1 N–H and O–H groups in total. The van der Waals surface area contributed by atoms with Crippen LogP contribution in [0.25, 0.3) is 11.4 Å². The molecule has 1 aromatic heterocycles. The summed E-state index contributed by atoms with van der Waals surface area (Å²) in [6.07, 6.45) is 0. The van der Waals surface area contributed by atoms with E-state index in [4.69, 9.17) is 11.6 Å². The first-order valence-electron chi connectivity index (χ1n) is 8.70. The minimum absolute atomic E-state index is 0.0191. The molecule has 6 nitrogen and oxygen atoms in total. The van der Waals surface area contributed by atoms with Crippen molar-refractivity contribution in [3.8, 4) is 11.4 Å². The maximum atomic E-state index is 12.5. The summed E-state index contributed by atoms with van der Waals surface area (Å²) in [5.41, 5.74) is 2.13. The van der Waals surface area contributed by atoms with Gasteiger partial charge in [0.15, 0.2) is 16.8 Å². The number of aromatic nitrogens is 3. The molecule has 0 bridgehead atoms. The Balaban J connectivity index is 1.70. The third kappa shape index (κ3) is 4.79. The molecule has 0 aliphatic heterocycles. The lowest BCUT2D eigenvalue weighted by Crippen LogP contribution is -2.07. The van der Waals surface area contributed by atoms with Crippen molar-refractivity contribution >= 4 is 40.7 Å². The number of ketones is 1. The van der Waals surface area contributed by atoms with Gasteiger partial charge in [0.2, 0.25) is 5.91 Å². The van der Waals surface area contributed by atoms with Crippen LogP contribution < -0.4 is 5.32 Å². The average Bonchev–Trinajstić information content (AvgIpc) is 3.09. The highest BCUT2D eigenvalue weighted by Crippen LogP contribution is 2.26. The van der Waals surface area contributed by atoms with Crippen molar-refractivity contribution in [2.45, 2.75) is 25.5 Å². The molecule has 0 aliphatic carbocycles. The fourth-order valence-corrected chi connectivity index (χ4v) is 3.76. The molecule has 0 saturated heterocycles. The monoisotopic (exact) mass is 414 g/mol. The maximum absolute atomic E-state index is 12.5. The van der Waals surface area contributed by atoms with E-state index in [1.54, 1.807) is 24.3 Å². The van der Waals surface area contributed by atoms with E-state index < -0.39 is 0 Å². The fraction of sp³-hybridized carbons (Fsp3) is 0.200. The zero-order chi connectivity index (χ0) is 20.1. The van der Waals surface area contributed by atoms with Crippen LogP contribution in [0.1, 0.15) is 24.2 Å². The van der Waals surface area contributed by atoms with Gasteiger partial charge >= 0.3 is 0 Å². The van der Waals surface area contributed by atoms with Gasteiger partial charge in [-0.2, -0.15) is 0 Å². The van der Waals surface area contributed by atoms with Crippen LogP contribution in [0.2, 0.25) is 5.02 Å². The van der Waals surface area contributed by atoms with E-state index in [0.29, 0.717) is 28.0 Å². The van der Waals surface area contributed by atoms with Gasteiger partial charge in [-0.15, -0.1) is 10.2 Å². The second kappa shape index (κ2) is 9.03. The summed E-state index contributed by atoms with van der Waals surface area (Å²) in [6, 6.07) is 14.3. The van der Waals surface area contributed by atoms with Crippen molar-refractivity contribution in [1.29, 1.82) is 0 Å². The quantitative estimate of drug-likeness (QED) is 0.453. The molecule has 8 heteroatoms. The van der Waals surface area contributed by atoms with Crippen LogP contribution in [-0.2, 0) is 11.3 Å². The second-order valence-electron chi connectivity index (χ2n) is 6.03. The summed E-state index contributed by atoms with van der Waals surface area (Å²) in [4.78, 5) is 23.6. The first kappa shape index (κ1) is 20.1. The fourth-order valence-electron chi connectivity index (χ4n) is 2.68. The minimum atomic E-state index is -0.149. The molecule has 0 unspecified atom stereocenters. The van der Waals surface area contributed by atoms with E-state index >= 15 is 0 Å². The van der Waals surface area contributed by atoms with Crippen molar-refractivity contribution in [3.05, 3.63) is 59.1 Å². The summed E-state index contributed by atoms with van der Waals surface area (Å²) < 4.78 is 1.96. The van der Waals surface area contributed by atoms with Gasteiger partial charge < -0.3 is 9.88 Å². The normalized spacial score (nSPS) is 10.7. The topological polar surface area (TPSA) is 76.9 Å². The Morgan fingerprint density at radius 2 is 1.89 bits per heavy atom. The van der Waals surface area contributed by atoms with Crippen LogP contribution in [0.5, 0.6) is 0 Å². The molecule has 2 aromatic carbocycles. The number of carbonyl (C=O) groups is 2. The van der Waals surface area contributed by atoms with E-state index in [-0.39, 0.29) is 17.4 Å². The predicted molar refractivity (Wildman–Crippen MR) is 112 cm³/mol. The zero-order valence-corrected chi connectivity index (χ0v) is 17.0. The van der Waals surface area contributed by atoms with Crippen molar-refractivity contribution in [2.75, 3.05) is 11.1 Å². The summed E-state index contributed by atoms with van der Waals surface area (Å²) in [5.74, 6) is 0.797. The molecule has 0 radical (unpaired) electrons. The van der Waals surface area contributed by atoms with Crippen LogP contribution in [0.4, 0.5) is 5.69 Å². The molecular formula is C20H19ClN4O2S. The zero-order valence-electron chi connectivity index (χ0n) is 15.5. The van der Waals surface area contributed by atoms with Crippen LogP contribution >= 0.6 is 23.4 Å². The van der Waals surface area contributed by atoms with Crippen molar-refractivity contribution in [3.63, 3.8) is 0 Å². The summed E-state index contributed by atoms with van der Waals surface area (Å²) in [7, 11) is 0. The summed E-state index contributed by atoms with van der Waals surface area (Å²) >= 11 is 7.42. The number of amides is 1. The predicted octanol–water partition coefficient (Wildman–Crippen LogP) is 4.55. The molecule has 0 aliphatic rings. The molecule has 0 atom stereocenters. The highest BCUT2D eigenvalue weighted by atomic mass is 35.5. The van der Waals surface area contributed by atoms with Crippen LogP contribution in [0, 0.1) is 0 Å². The van der Waals surface area contributed by atoms with E-state index in [9.17, 15) is 9.59 Å². The Morgan fingerprint density at radius 1 is 1.14 bits per heavy atom. The lowest BCUT2D eigenvalue weighted by Gasteiger charge is -2.08. The molecular weight excluding hydrogens is 396 g/mol. The first-order valence-corrected chi connectivity index (χ1v) is 10.1. The van der Waals surface area contributed by atoms with Gasteiger partial charge in [-0.25, -0.2) is 0 Å². The number of thioether (sulfide) groups is 1. The highest BCUT2D eigenvalue weighted by Gasteiger charge is 2.15. The number of nitrogens with one attached hydrogen (secondary N) is 1. The molecule has 3 aromatic rings. The first-order chi connectivity index (χ1) is 13.5. The van der Waals surface area contributed by atoms with Gasteiger partial charge in [0.25, 0.3) is 0 Å². The van der Waals surface area contributed by atoms with Gasteiger partial charge in [-0.3, -0.25) is 9.59 Å². The molecule has 0 spiro atoms. The van der Waals surface area contributed by atoms with E-state index in [1.165, 1.54) is 18.7 Å². The molecule has 0 saturated carbocycles. The van der Waals surface area contributed by atoms with E-state index in [2.05, 4.69) is 15.5 Å². The Bertz CT molecular complexity index is 1000. The Kier molecular flexibility index (Phi) is 6.49. The van der Waals surface area contributed by atoms with Crippen molar-refractivity contribution in [1.82, 2.24) is 14.8 Å². The van der Waals surface area contributed by atoms with Crippen LogP contribution in [0.3, 0.4) is 0 Å². The number of rotatable bonds is 7. The third-order valence-corrected chi connectivity index (χ3v) is 5.18. The van der Waals surface area contributed by atoms with Gasteiger partial charge in [-0.05, 0) is 43.3 Å². The van der Waals surface area contributed by atoms with E-state index in [1.807, 2.05) is 35.8 Å². The number of carbonyl (C=O) groups excluding carboxylic acids is 2. The molecule has 28 heavy (non-hydrogen) atoms. The largest absolute Gasteiger partial charge is 0.326 e. The van der Waals surface area contributed by atoms with E-state index in [0.717, 1.165) is 11.4 Å². The summed E-state index contributed by atoms with van der Waals surface area (Å²) in [6.45, 7) is 4.12. The van der Waals surface area contributed by atoms with Gasteiger partial charge in [0.05, 0.1) is 5.75 Å². The SMILES string of the molecule is CCn1c(SCC(=O)c2ccc(NC(C)=O)cc2)nnc1-c1cccc(Cl)c1. The second-order valence-corrected chi connectivity index (χ2v) is 7.41. The maximum Gasteiger partial charge on any atom is 0.221 e. The molecule has 1 amide bonds. The third-order valence-electron chi connectivity index (χ3n) is 3.98. The Labute approximate surface area is 172 Å². The van der Waals surface area contributed by atoms with Crippen molar-refractivity contribution in [2.24, 2.45) is 0 Å². The van der Waals surface area contributed by atoms with Crippen LogP contribution in [0.15, 0.2) is 53.7 Å². The Morgan fingerprint density at radius 3 is 2.54 bits per heavy atom. The number of Topliss-reactive ketones (excluding diaryl/α,β-unsaturated/α-hetero) is 1. The minimum Gasteiger partial charge on any atom is -0.326 e. The standard InChI is InChI=1S/C20H19ClN4O2S/c1-3-25-19(15-5-4-6-16(21)11-15)23-24-20(25)28-12-18(27)14-7-9-17(10-8-14)22-13(2)26/h4-11H,3,12H2,1-2H3,(H,22,26). The number of nitrogens with zero attached hydrogens (tertiary/aromatic N) is 3. The number of hydrogen-bond donors (Lipinski definition) is 1. The number of anilines is 1. The van der Waals surface area contributed by atoms with Crippen molar-refractivity contribution < 1.29 is 9.59 Å². The number of halogens is 1. The van der Waals surface area contributed by atoms with Gasteiger partial charge in [0.1, 0.15) is 0 Å². The lowest BCUT2D eigenvalue weighted by molar-refractivity contribution is -0.114. The van der Waals surface area contributed by atoms with Crippen LogP contribution in [-0.4, -0.2) is 32.2 Å². The summed E-state index contributed by atoms with van der Waals surface area (Å²) in [5, 5.41) is 12.5. The van der Waals surface area contributed by atoms with Gasteiger partial charge in [0, 0.05) is 35.3 Å². The molecule has 3 rings (SSSR count). The van der Waals surface area contributed by atoms with Gasteiger partial charge in [-0.1, -0.05) is 35.5 Å².